The highest BCUT2D eigenvalue weighted by atomic mass is 79.9. The first kappa shape index (κ1) is 14.3. The molecule has 1 unspecified atom stereocenters. The number of halogens is 3. The Morgan fingerprint density at radius 3 is 2.85 bits per heavy atom. The number of hydrogen-bond donors (Lipinski definition) is 0. The van der Waals surface area contributed by atoms with Gasteiger partial charge >= 0.3 is 0 Å². The highest BCUT2D eigenvalue weighted by Crippen LogP contribution is 2.33. The topological polar surface area (TPSA) is 17.8 Å². The fraction of sp³-hybridized carbons (Fsp3) is 0.533. The zero-order valence-corrected chi connectivity index (χ0v) is 13.7. The van der Waals surface area contributed by atoms with E-state index in [1.807, 2.05) is 6.92 Å². The van der Waals surface area contributed by atoms with Crippen LogP contribution < -0.4 is 0 Å². The van der Waals surface area contributed by atoms with Crippen molar-refractivity contribution in [2.45, 2.75) is 44.5 Å². The molecule has 0 amide bonds. The highest BCUT2D eigenvalue weighted by molar-refractivity contribution is 9.10. The monoisotopic (exact) mass is 358 g/mol. The lowest BCUT2D eigenvalue weighted by Gasteiger charge is -2.25. The number of nitrogens with zero attached hydrogens (tertiary/aromatic N) is 2. The second-order valence-electron chi connectivity index (χ2n) is 5.58. The van der Waals surface area contributed by atoms with Gasteiger partial charge in [-0.1, -0.05) is 19.3 Å². The Kier molecular flexibility index (Phi) is 4.04. The summed E-state index contributed by atoms with van der Waals surface area (Å²) in [6.07, 6.45) is 5.16. The van der Waals surface area contributed by atoms with E-state index in [2.05, 4.69) is 25.5 Å². The van der Waals surface area contributed by atoms with Gasteiger partial charge in [-0.05, 0) is 41.3 Å². The van der Waals surface area contributed by atoms with Crippen LogP contribution in [0.4, 0.5) is 4.39 Å². The first-order valence-electron chi connectivity index (χ1n) is 7.05. The molecule has 0 bridgehead atoms. The van der Waals surface area contributed by atoms with Gasteiger partial charge in [0.1, 0.15) is 11.6 Å². The van der Waals surface area contributed by atoms with Gasteiger partial charge in [-0.2, -0.15) is 0 Å². The minimum absolute atomic E-state index is 0.175. The number of rotatable bonds is 4. The highest BCUT2D eigenvalue weighted by Gasteiger charge is 2.20. The van der Waals surface area contributed by atoms with E-state index >= 15 is 0 Å². The SMILES string of the molecule is CC(Cl)c1nc2cc(F)c(Br)cc2n1CCC1CCC1. The largest absolute Gasteiger partial charge is 0.327 e. The molecular weight excluding hydrogens is 343 g/mol. The molecule has 5 heteroatoms. The molecule has 1 atom stereocenters. The van der Waals surface area contributed by atoms with Gasteiger partial charge in [0.2, 0.25) is 0 Å². The molecule has 0 N–H and O–H groups in total. The summed E-state index contributed by atoms with van der Waals surface area (Å²) in [6.45, 7) is 2.82. The third-order valence-electron chi connectivity index (χ3n) is 4.16. The van der Waals surface area contributed by atoms with Crippen LogP contribution >= 0.6 is 27.5 Å². The van der Waals surface area contributed by atoms with E-state index in [1.165, 1.54) is 25.3 Å². The number of imidazole rings is 1. The lowest BCUT2D eigenvalue weighted by Crippen LogP contribution is -2.15. The molecule has 1 aromatic carbocycles. The third kappa shape index (κ3) is 2.60. The first-order chi connectivity index (χ1) is 9.56. The van der Waals surface area contributed by atoms with Crippen LogP contribution in [0.15, 0.2) is 16.6 Å². The zero-order chi connectivity index (χ0) is 14.3. The Balaban J connectivity index is 2.00. The molecule has 2 aromatic rings. The molecular formula is C15H17BrClFN2. The fourth-order valence-corrected chi connectivity index (χ4v) is 3.27. The maximum atomic E-state index is 13.6. The van der Waals surface area contributed by atoms with Crippen LogP contribution in [-0.2, 0) is 6.54 Å². The second kappa shape index (κ2) is 5.64. The van der Waals surface area contributed by atoms with E-state index in [0.29, 0.717) is 9.99 Å². The lowest BCUT2D eigenvalue weighted by atomic mass is 9.83. The van der Waals surface area contributed by atoms with E-state index in [1.54, 1.807) is 6.07 Å². The fourth-order valence-electron chi connectivity index (χ4n) is 2.77. The molecule has 1 heterocycles. The van der Waals surface area contributed by atoms with E-state index < -0.39 is 0 Å². The maximum Gasteiger partial charge on any atom is 0.139 e. The Bertz CT molecular complexity index is 634. The molecule has 2 nitrogen and oxygen atoms in total. The van der Waals surface area contributed by atoms with Crippen LogP contribution in [0, 0.1) is 11.7 Å². The van der Waals surface area contributed by atoms with Crippen LogP contribution in [0.1, 0.15) is 43.8 Å². The quantitative estimate of drug-likeness (QED) is 0.666. The summed E-state index contributed by atoms with van der Waals surface area (Å²) in [5.74, 6) is 1.38. The molecule has 1 fully saturated rings. The predicted molar refractivity (Wildman–Crippen MR) is 83.6 cm³/mol. The first-order valence-corrected chi connectivity index (χ1v) is 8.28. The van der Waals surface area contributed by atoms with Crippen LogP contribution in [0.25, 0.3) is 11.0 Å². The molecule has 0 spiro atoms. The van der Waals surface area contributed by atoms with Gasteiger partial charge in [-0.15, -0.1) is 11.6 Å². The molecule has 0 aliphatic heterocycles. The molecule has 0 saturated heterocycles. The van der Waals surface area contributed by atoms with Gasteiger partial charge in [0, 0.05) is 12.6 Å². The number of fused-ring (bicyclic) bond motifs is 1. The summed E-state index contributed by atoms with van der Waals surface area (Å²) in [7, 11) is 0. The van der Waals surface area contributed by atoms with E-state index in [4.69, 9.17) is 11.6 Å². The minimum Gasteiger partial charge on any atom is -0.327 e. The summed E-state index contributed by atoms with van der Waals surface area (Å²) in [4.78, 5) is 4.51. The Hall–Kier alpha value is -0.610. The van der Waals surface area contributed by atoms with Crippen molar-refractivity contribution in [1.82, 2.24) is 9.55 Å². The van der Waals surface area contributed by atoms with Crippen molar-refractivity contribution < 1.29 is 4.39 Å². The van der Waals surface area contributed by atoms with Crippen molar-refractivity contribution >= 4 is 38.6 Å². The van der Waals surface area contributed by atoms with Gasteiger partial charge < -0.3 is 4.57 Å². The van der Waals surface area contributed by atoms with E-state index in [9.17, 15) is 4.39 Å². The average Bonchev–Trinajstić information content (AvgIpc) is 2.67. The average molecular weight is 360 g/mol. The molecule has 1 aliphatic rings. The Labute approximate surface area is 131 Å². The zero-order valence-electron chi connectivity index (χ0n) is 11.4. The molecule has 20 heavy (non-hydrogen) atoms. The number of alkyl halides is 1. The standard InChI is InChI=1S/C15H17BrClFN2/c1-9(17)15-19-13-8-12(18)11(16)7-14(13)20(15)6-5-10-3-2-4-10/h7-10H,2-6H2,1H3. The van der Waals surface area contributed by atoms with E-state index in [-0.39, 0.29) is 11.2 Å². The molecule has 3 rings (SSSR count). The summed E-state index contributed by atoms with van der Waals surface area (Å²) in [5, 5.41) is -0.175. The van der Waals surface area contributed by atoms with Gasteiger partial charge in [-0.25, -0.2) is 9.37 Å². The lowest BCUT2D eigenvalue weighted by molar-refractivity contribution is 0.282. The third-order valence-corrected chi connectivity index (χ3v) is 4.96. The Morgan fingerprint density at radius 1 is 1.50 bits per heavy atom. The molecule has 0 radical (unpaired) electrons. The van der Waals surface area contributed by atoms with Crippen LogP contribution in [0.3, 0.4) is 0 Å². The molecule has 1 saturated carbocycles. The summed E-state index contributed by atoms with van der Waals surface area (Å²) in [5.41, 5.74) is 1.64. The smallest absolute Gasteiger partial charge is 0.139 e. The molecule has 1 aromatic heterocycles. The van der Waals surface area contributed by atoms with Crippen molar-refractivity contribution in [1.29, 1.82) is 0 Å². The van der Waals surface area contributed by atoms with Gasteiger partial charge in [0.05, 0.1) is 20.9 Å². The maximum absolute atomic E-state index is 13.6. The predicted octanol–water partition coefficient (Wildman–Crippen LogP) is 5.43. The van der Waals surface area contributed by atoms with Crippen molar-refractivity contribution in [3.8, 4) is 0 Å². The van der Waals surface area contributed by atoms with Crippen LogP contribution in [0.5, 0.6) is 0 Å². The second-order valence-corrected chi connectivity index (χ2v) is 7.09. The summed E-state index contributed by atoms with van der Waals surface area (Å²) < 4.78 is 16.3. The van der Waals surface area contributed by atoms with Crippen molar-refractivity contribution in [2.24, 2.45) is 5.92 Å². The number of hydrogen-bond acceptors (Lipinski definition) is 1. The van der Waals surface area contributed by atoms with Gasteiger partial charge in [-0.3, -0.25) is 0 Å². The number of benzene rings is 1. The van der Waals surface area contributed by atoms with Crippen LogP contribution in [0.2, 0.25) is 0 Å². The van der Waals surface area contributed by atoms with Crippen molar-refractivity contribution in [2.75, 3.05) is 0 Å². The van der Waals surface area contributed by atoms with Gasteiger partial charge in [0.15, 0.2) is 0 Å². The Morgan fingerprint density at radius 2 is 2.25 bits per heavy atom. The normalized spacial score (nSPS) is 17.4. The van der Waals surface area contributed by atoms with Crippen molar-refractivity contribution in [3.05, 3.63) is 28.2 Å². The number of aromatic nitrogens is 2. The minimum atomic E-state index is -0.282. The van der Waals surface area contributed by atoms with Crippen LogP contribution in [-0.4, -0.2) is 9.55 Å². The molecule has 1 aliphatic carbocycles. The molecule has 108 valence electrons. The summed E-state index contributed by atoms with van der Waals surface area (Å²) in [6, 6.07) is 3.28. The van der Waals surface area contributed by atoms with Gasteiger partial charge in [0.25, 0.3) is 0 Å². The van der Waals surface area contributed by atoms with E-state index in [0.717, 1.165) is 30.2 Å². The number of aryl methyl sites for hydroxylation is 1. The van der Waals surface area contributed by atoms with Crippen molar-refractivity contribution in [3.63, 3.8) is 0 Å². The summed E-state index contributed by atoms with van der Waals surface area (Å²) >= 11 is 9.49.